The molecule has 0 spiro atoms. The van der Waals surface area contributed by atoms with Gasteiger partial charge in [-0.1, -0.05) is 0 Å². The van der Waals surface area contributed by atoms with Crippen LogP contribution in [-0.2, 0) is 0 Å². The SMILES string of the molecule is CNC(=O)NC1CNC1.Cl. The van der Waals surface area contributed by atoms with Gasteiger partial charge in [0.2, 0.25) is 0 Å². The Labute approximate surface area is 66.2 Å². The number of hydrogen-bond donors (Lipinski definition) is 3. The number of rotatable bonds is 1. The standard InChI is InChI=1S/C5H11N3O.ClH/c1-6-5(9)8-4-2-7-3-4;/h4,7H,2-3H2,1H3,(H2,6,8,9);1H. The monoisotopic (exact) mass is 165 g/mol. The maximum Gasteiger partial charge on any atom is 0.314 e. The highest BCUT2D eigenvalue weighted by atomic mass is 35.5. The Bertz CT molecular complexity index is 115. The summed E-state index contributed by atoms with van der Waals surface area (Å²) in [6.07, 6.45) is 0. The predicted molar refractivity (Wildman–Crippen MR) is 41.5 cm³/mol. The van der Waals surface area contributed by atoms with Gasteiger partial charge in [0.1, 0.15) is 0 Å². The van der Waals surface area contributed by atoms with E-state index in [1.54, 1.807) is 7.05 Å². The minimum Gasteiger partial charge on any atom is -0.341 e. The zero-order valence-electron chi connectivity index (χ0n) is 5.81. The second-order valence-corrected chi connectivity index (χ2v) is 2.08. The van der Waals surface area contributed by atoms with Gasteiger partial charge < -0.3 is 16.0 Å². The lowest BCUT2D eigenvalue weighted by Crippen LogP contribution is -2.58. The molecule has 0 radical (unpaired) electrons. The summed E-state index contributed by atoms with van der Waals surface area (Å²) >= 11 is 0. The molecular formula is C5H12ClN3O. The van der Waals surface area contributed by atoms with E-state index < -0.39 is 0 Å². The molecule has 1 heterocycles. The smallest absolute Gasteiger partial charge is 0.314 e. The molecule has 0 unspecified atom stereocenters. The highest BCUT2D eigenvalue weighted by molar-refractivity contribution is 5.85. The molecule has 2 amide bonds. The van der Waals surface area contributed by atoms with Crippen molar-refractivity contribution in [3.05, 3.63) is 0 Å². The third kappa shape index (κ3) is 2.41. The fourth-order valence-electron chi connectivity index (χ4n) is 0.648. The van der Waals surface area contributed by atoms with Crippen molar-refractivity contribution in [1.29, 1.82) is 0 Å². The van der Waals surface area contributed by atoms with E-state index in [0.29, 0.717) is 6.04 Å². The van der Waals surface area contributed by atoms with Crippen molar-refractivity contribution in [3.63, 3.8) is 0 Å². The van der Waals surface area contributed by atoms with E-state index >= 15 is 0 Å². The van der Waals surface area contributed by atoms with Crippen LogP contribution in [0.2, 0.25) is 0 Å². The summed E-state index contributed by atoms with van der Waals surface area (Å²) in [7, 11) is 1.61. The van der Waals surface area contributed by atoms with E-state index in [0.717, 1.165) is 13.1 Å². The first-order valence-electron chi connectivity index (χ1n) is 3.02. The van der Waals surface area contributed by atoms with E-state index in [2.05, 4.69) is 16.0 Å². The minimum atomic E-state index is -0.0958. The fourth-order valence-corrected chi connectivity index (χ4v) is 0.648. The van der Waals surface area contributed by atoms with E-state index in [1.165, 1.54) is 0 Å². The molecule has 5 heteroatoms. The van der Waals surface area contributed by atoms with Crippen molar-refractivity contribution >= 4 is 18.4 Å². The number of carbonyl (C=O) groups excluding carboxylic acids is 1. The molecule has 1 fully saturated rings. The molecule has 0 aromatic carbocycles. The fraction of sp³-hybridized carbons (Fsp3) is 0.800. The summed E-state index contributed by atoms with van der Waals surface area (Å²) in [4.78, 5) is 10.6. The normalized spacial score (nSPS) is 16.5. The Balaban J connectivity index is 0.000000810. The lowest BCUT2D eigenvalue weighted by atomic mass is 10.2. The molecule has 1 rings (SSSR count). The van der Waals surface area contributed by atoms with Gasteiger partial charge >= 0.3 is 6.03 Å². The molecule has 0 saturated carbocycles. The Morgan fingerprint density at radius 1 is 1.60 bits per heavy atom. The largest absolute Gasteiger partial charge is 0.341 e. The molecule has 1 aliphatic rings. The topological polar surface area (TPSA) is 53.2 Å². The van der Waals surface area contributed by atoms with E-state index in [1.807, 2.05) is 0 Å². The molecule has 0 bridgehead atoms. The van der Waals surface area contributed by atoms with Gasteiger partial charge in [0.05, 0.1) is 6.04 Å². The third-order valence-electron chi connectivity index (χ3n) is 1.34. The highest BCUT2D eigenvalue weighted by Crippen LogP contribution is 1.88. The van der Waals surface area contributed by atoms with Crippen LogP contribution in [0.1, 0.15) is 0 Å². The van der Waals surface area contributed by atoms with Crippen molar-refractivity contribution in [2.24, 2.45) is 0 Å². The number of hydrogen-bond acceptors (Lipinski definition) is 2. The number of nitrogens with one attached hydrogen (secondary N) is 3. The predicted octanol–water partition coefficient (Wildman–Crippen LogP) is -0.691. The Morgan fingerprint density at radius 2 is 2.20 bits per heavy atom. The van der Waals surface area contributed by atoms with Crippen molar-refractivity contribution in [3.8, 4) is 0 Å². The average Bonchev–Trinajstić information content (AvgIpc) is 1.78. The maximum absolute atomic E-state index is 10.6. The van der Waals surface area contributed by atoms with Gasteiger partial charge in [-0.2, -0.15) is 0 Å². The number of halogens is 1. The van der Waals surface area contributed by atoms with Crippen LogP contribution in [-0.4, -0.2) is 32.2 Å². The second-order valence-electron chi connectivity index (χ2n) is 2.08. The van der Waals surface area contributed by atoms with Crippen LogP contribution >= 0.6 is 12.4 Å². The molecule has 0 aliphatic carbocycles. The number of carbonyl (C=O) groups is 1. The maximum atomic E-state index is 10.6. The summed E-state index contributed by atoms with van der Waals surface area (Å²) < 4.78 is 0. The molecule has 1 saturated heterocycles. The molecule has 0 aromatic rings. The van der Waals surface area contributed by atoms with Crippen LogP contribution < -0.4 is 16.0 Å². The average molecular weight is 166 g/mol. The van der Waals surface area contributed by atoms with E-state index in [9.17, 15) is 4.79 Å². The molecule has 0 atom stereocenters. The molecule has 1 aliphatic heterocycles. The molecular weight excluding hydrogens is 154 g/mol. The summed E-state index contributed by atoms with van der Waals surface area (Å²) in [5.74, 6) is 0. The first-order valence-corrected chi connectivity index (χ1v) is 3.02. The van der Waals surface area contributed by atoms with Gasteiger partial charge in [0, 0.05) is 20.1 Å². The van der Waals surface area contributed by atoms with Crippen molar-refractivity contribution in [1.82, 2.24) is 16.0 Å². The summed E-state index contributed by atoms with van der Waals surface area (Å²) in [6.45, 7) is 1.79. The number of urea groups is 1. The van der Waals surface area contributed by atoms with Gasteiger partial charge in [-0.3, -0.25) is 0 Å². The summed E-state index contributed by atoms with van der Waals surface area (Å²) in [5.41, 5.74) is 0. The summed E-state index contributed by atoms with van der Waals surface area (Å²) in [6, 6.07) is 0.242. The second kappa shape index (κ2) is 4.35. The van der Waals surface area contributed by atoms with Gasteiger partial charge in [-0.15, -0.1) is 12.4 Å². The van der Waals surface area contributed by atoms with Crippen LogP contribution in [0.3, 0.4) is 0 Å². The molecule has 4 nitrogen and oxygen atoms in total. The van der Waals surface area contributed by atoms with Crippen molar-refractivity contribution < 1.29 is 4.79 Å². The molecule has 3 N–H and O–H groups in total. The van der Waals surface area contributed by atoms with Crippen LogP contribution in [0.25, 0.3) is 0 Å². The Kier molecular flexibility index (Phi) is 4.14. The lowest BCUT2D eigenvalue weighted by Gasteiger charge is -2.27. The van der Waals surface area contributed by atoms with E-state index in [-0.39, 0.29) is 18.4 Å². The van der Waals surface area contributed by atoms with Crippen molar-refractivity contribution in [2.75, 3.05) is 20.1 Å². The van der Waals surface area contributed by atoms with Crippen molar-refractivity contribution in [2.45, 2.75) is 6.04 Å². The first kappa shape index (κ1) is 9.52. The van der Waals surface area contributed by atoms with Crippen LogP contribution in [0.4, 0.5) is 4.79 Å². The van der Waals surface area contributed by atoms with Crippen LogP contribution in [0.5, 0.6) is 0 Å². The highest BCUT2D eigenvalue weighted by Gasteiger charge is 2.17. The third-order valence-corrected chi connectivity index (χ3v) is 1.34. The molecule has 0 aromatic heterocycles. The van der Waals surface area contributed by atoms with Gasteiger partial charge in [0.15, 0.2) is 0 Å². The van der Waals surface area contributed by atoms with Gasteiger partial charge in [-0.05, 0) is 0 Å². The first-order chi connectivity index (χ1) is 4.33. The summed E-state index contributed by atoms with van der Waals surface area (Å²) in [5, 5.41) is 8.29. The van der Waals surface area contributed by atoms with Gasteiger partial charge in [0.25, 0.3) is 0 Å². The lowest BCUT2D eigenvalue weighted by molar-refractivity contribution is 0.233. The molecule has 60 valence electrons. The minimum absolute atomic E-state index is 0. The zero-order valence-corrected chi connectivity index (χ0v) is 6.62. The van der Waals surface area contributed by atoms with E-state index in [4.69, 9.17) is 0 Å². The zero-order chi connectivity index (χ0) is 6.69. The van der Waals surface area contributed by atoms with Crippen LogP contribution in [0.15, 0.2) is 0 Å². The van der Waals surface area contributed by atoms with Crippen LogP contribution in [0, 0.1) is 0 Å². The molecule has 10 heavy (non-hydrogen) atoms. The van der Waals surface area contributed by atoms with Gasteiger partial charge in [-0.25, -0.2) is 4.79 Å². The Hall–Kier alpha value is -0.480. The number of amides is 2. The quantitative estimate of drug-likeness (QED) is 0.482. The Morgan fingerprint density at radius 3 is 2.50 bits per heavy atom.